The predicted molar refractivity (Wildman–Crippen MR) is 81.7 cm³/mol. The second kappa shape index (κ2) is 6.81. The molecule has 0 amide bonds. The summed E-state index contributed by atoms with van der Waals surface area (Å²) in [5.74, 6) is 4.42. The quantitative estimate of drug-likeness (QED) is 0.186. The van der Waals surface area contributed by atoms with Gasteiger partial charge in [-0.1, -0.05) is 11.6 Å². The van der Waals surface area contributed by atoms with E-state index in [1.165, 1.54) is 0 Å². The van der Waals surface area contributed by atoms with Crippen LogP contribution in [0.5, 0.6) is 0 Å². The summed E-state index contributed by atoms with van der Waals surface area (Å²) < 4.78 is 10.4. The van der Waals surface area contributed by atoms with Gasteiger partial charge >= 0.3 is 5.97 Å². The molecule has 1 aromatic carbocycles. The summed E-state index contributed by atoms with van der Waals surface area (Å²) >= 11 is 5.82. The van der Waals surface area contributed by atoms with Crippen molar-refractivity contribution in [1.29, 1.82) is 0 Å². The Morgan fingerprint density at radius 1 is 1.45 bits per heavy atom. The maximum absolute atomic E-state index is 11.9. The van der Waals surface area contributed by atoms with Gasteiger partial charge in [0.2, 0.25) is 11.8 Å². The van der Waals surface area contributed by atoms with Crippen LogP contribution in [0.15, 0.2) is 45.9 Å². The molecular weight excluding hydrogens is 310 g/mol. The fourth-order valence-electron chi connectivity index (χ4n) is 1.65. The Labute approximate surface area is 131 Å². The summed E-state index contributed by atoms with van der Waals surface area (Å²) in [5, 5.41) is 7.86. The zero-order chi connectivity index (χ0) is 16.1. The van der Waals surface area contributed by atoms with E-state index in [1.54, 1.807) is 31.2 Å². The molecule has 8 nitrogen and oxygen atoms in total. The first-order valence-corrected chi connectivity index (χ1v) is 6.67. The van der Waals surface area contributed by atoms with Crippen molar-refractivity contribution in [3.05, 3.63) is 46.3 Å². The van der Waals surface area contributed by atoms with Crippen LogP contribution in [0.25, 0.3) is 0 Å². The van der Waals surface area contributed by atoms with Crippen molar-refractivity contribution >= 4 is 29.3 Å². The van der Waals surface area contributed by atoms with Gasteiger partial charge in [0.05, 0.1) is 6.61 Å². The molecule has 0 unspecified atom stereocenters. The molecule has 0 radical (unpaired) electrons. The molecule has 2 rings (SSSR count). The van der Waals surface area contributed by atoms with Crippen LogP contribution in [0, 0.1) is 0 Å². The normalized spacial score (nSPS) is 16.5. The zero-order valence-electron chi connectivity index (χ0n) is 11.7. The highest BCUT2D eigenvalue weighted by atomic mass is 35.5. The molecule has 9 heteroatoms. The Morgan fingerprint density at radius 2 is 2.14 bits per heavy atom. The molecular formula is C13H14ClN5O3. The summed E-state index contributed by atoms with van der Waals surface area (Å²) in [7, 11) is 0. The fraction of sp³-hybridized carbons (Fsp3) is 0.154. The standard InChI is InChI=1S/C13H14ClN5O3/c1-2-21-13(20)9(10(15)17-16)12-19-18-11(22-12)7-3-5-8(14)6-4-7/h3-6,19H,2,16H2,1H3,(H2,15,17). The number of carbonyl (C=O) groups excluding carboxylic acids is 1. The molecule has 1 aromatic rings. The van der Waals surface area contributed by atoms with Crippen molar-refractivity contribution < 1.29 is 14.3 Å². The number of rotatable bonds is 4. The molecule has 0 atom stereocenters. The van der Waals surface area contributed by atoms with E-state index in [0.29, 0.717) is 10.6 Å². The van der Waals surface area contributed by atoms with Crippen LogP contribution in [-0.4, -0.2) is 24.3 Å². The van der Waals surface area contributed by atoms with E-state index >= 15 is 0 Å². The van der Waals surface area contributed by atoms with E-state index in [2.05, 4.69) is 15.6 Å². The molecule has 116 valence electrons. The molecule has 0 saturated carbocycles. The molecule has 5 N–H and O–H groups in total. The minimum Gasteiger partial charge on any atom is -0.462 e. The Kier molecular flexibility index (Phi) is 4.84. The summed E-state index contributed by atoms with van der Waals surface area (Å²) in [6, 6.07) is 6.81. The van der Waals surface area contributed by atoms with Crippen LogP contribution >= 0.6 is 11.6 Å². The summed E-state index contributed by atoms with van der Waals surface area (Å²) in [4.78, 5) is 11.9. The van der Waals surface area contributed by atoms with E-state index in [9.17, 15) is 4.79 Å². The molecule has 0 fully saturated rings. The van der Waals surface area contributed by atoms with Crippen LogP contribution in [-0.2, 0) is 14.3 Å². The highest BCUT2D eigenvalue weighted by Gasteiger charge is 2.27. The van der Waals surface area contributed by atoms with Gasteiger partial charge in [0.15, 0.2) is 11.4 Å². The van der Waals surface area contributed by atoms with Gasteiger partial charge in [-0.3, -0.25) is 0 Å². The first-order valence-electron chi connectivity index (χ1n) is 6.29. The topological polar surface area (TPSA) is 124 Å². The molecule has 1 aliphatic heterocycles. The third-order valence-electron chi connectivity index (χ3n) is 2.65. The van der Waals surface area contributed by atoms with Crippen molar-refractivity contribution in [2.24, 2.45) is 21.8 Å². The number of ether oxygens (including phenoxy) is 2. The van der Waals surface area contributed by atoms with Crippen molar-refractivity contribution in [1.82, 2.24) is 5.43 Å². The lowest BCUT2D eigenvalue weighted by Gasteiger charge is -2.08. The van der Waals surface area contributed by atoms with Gasteiger partial charge in [-0.2, -0.15) is 5.10 Å². The first-order chi connectivity index (χ1) is 10.6. The van der Waals surface area contributed by atoms with Gasteiger partial charge in [-0.15, -0.1) is 5.10 Å². The zero-order valence-corrected chi connectivity index (χ0v) is 12.4. The lowest BCUT2D eigenvalue weighted by molar-refractivity contribution is -0.138. The SMILES string of the molecule is CCOC(=O)C(C(N)=NN)=C1NN=C(c2ccc(Cl)cc2)O1. The molecule has 0 saturated heterocycles. The maximum atomic E-state index is 11.9. The molecule has 0 aliphatic carbocycles. The van der Waals surface area contributed by atoms with Crippen LogP contribution in [0.3, 0.4) is 0 Å². The summed E-state index contributed by atoms with van der Waals surface area (Å²) in [6.07, 6.45) is 0. The van der Waals surface area contributed by atoms with Crippen molar-refractivity contribution in [3.8, 4) is 0 Å². The monoisotopic (exact) mass is 323 g/mol. The lowest BCUT2D eigenvalue weighted by atomic mass is 10.2. The predicted octanol–water partition coefficient (Wildman–Crippen LogP) is 0.627. The fourth-order valence-corrected chi connectivity index (χ4v) is 1.77. The molecule has 0 spiro atoms. The van der Waals surface area contributed by atoms with Gasteiger partial charge < -0.3 is 21.1 Å². The molecule has 0 aromatic heterocycles. The van der Waals surface area contributed by atoms with E-state index in [-0.39, 0.29) is 29.8 Å². The number of nitrogens with zero attached hydrogens (tertiary/aromatic N) is 2. The maximum Gasteiger partial charge on any atom is 0.347 e. The number of esters is 1. The summed E-state index contributed by atoms with van der Waals surface area (Å²) in [5.41, 5.74) is 8.72. The molecule has 0 bridgehead atoms. The smallest absolute Gasteiger partial charge is 0.347 e. The third-order valence-corrected chi connectivity index (χ3v) is 2.90. The number of hydrazone groups is 2. The average molecular weight is 324 g/mol. The van der Waals surface area contributed by atoms with Crippen LogP contribution in [0.4, 0.5) is 0 Å². The molecule has 1 heterocycles. The highest BCUT2D eigenvalue weighted by Crippen LogP contribution is 2.17. The largest absolute Gasteiger partial charge is 0.462 e. The number of nitrogens with one attached hydrogen (secondary N) is 1. The number of halogens is 1. The minimum atomic E-state index is -0.718. The Bertz CT molecular complexity index is 667. The lowest BCUT2D eigenvalue weighted by Crippen LogP contribution is -2.28. The van der Waals surface area contributed by atoms with Crippen molar-refractivity contribution in [2.75, 3.05) is 6.61 Å². The Balaban J connectivity index is 2.29. The second-order valence-corrected chi connectivity index (χ2v) is 4.51. The first kappa shape index (κ1) is 15.6. The van der Waals surface area contributed by atoms with E-state index in [1.807, 2.05) is 0 Å². The third kappa shape index (κ3) is 3.29. The van der Waals surface area contributed by atoms with Crippen molar-refractivity contribution in [3.63, 3.8) is 0 Å². The number of carbonyl (C=O) groups is 1. The Hall–Kier alpha value is -2.74. The van der Waals surface area contributed by atoms with Crippen LogP contribution < -0.4 is 17.0 Å². The second-order valence-electron chi connectivity index (χ2n) is 4.08. The molecule has 22 heavy (non-hydrogen) atoms. The van der Waals surface area contributed by atoms with Gasteiger partial charge in [0, 0.05) is 10.6 Å². The molecule has 1 aliphatic rings. The van der Waals surface area contributed by atoms with E-state index < -0.39 is 5.97 Å². The van der Waals surface area contributed by atoms with Gasteiger partial charge in [-0.25, -0.2) is 10.2 Å². The highest BCUT2D eigenvalue weighted by molar-refractivity contribution is 6.30. The number of hydrogen-bond acceptors (Lipinski definition) is 7. The van der Waals surface area contributed by atoms with E-state index in [4.69, 9.17) is 32.7 Å². The van der Waals surface area contributed by atoms with Crippen LogP contribution in [0.1, 0.15) is 12.5 Å². The van der Waals surface area contributed by atoms with Crippen molar-refractivity contribution in [2.45, 2.75) is 6.92 Å². The number of benzene rings is 1. The van der Waals surface area contributed by atoms with Gasteiger partial charge in [-0.05, 0) is 31.2 Å². The number of nitrogens with two attached hydrogens (primary N) is 2. The summed E-state index contributed by atoms with van der Waals surface area (Å²) in [6.45, 7) is 1.83. The van der Waals surface area contributed by atoms with Gasteiger partial charge in [0.25, 0.3) is 0 Å². The average Bonchev–Trinajstić information content (AvgIpc) is 2.97. The van der Waals surface area contributed by atoms with Gasteiger partial charge in [0.1, 0.15) is 0 Å². The number of amidine groups is 1. The number of hydrogen-bond donors (Lipinski definition) is 3. The van der Waals surface area contributed by atoms with E-state index in [0.717, 1.165) is 0 Å². The Morgan fingerprint density at radius 3 is 2.73 bits per heavy atom. The minimum absolute atomic E-state index is 0.00454. The van der Waals surface area contributed by atoms with Crippen LogP contribution in [0.2, 0.25) is 5.02 Å².